The van der Waals surface area contributed by atoms with Crippen LogP contribution in [0.5, 0.6) is 0 Å². The second-order valence-electron chi connectivity index (χ2n) is 6.50. The van der Waals surface area contributed by atoms with Crippen molar-refractivity contribution < 1.29 is 14.7 Å². The first-order valence-electron chi connectivity index (χ1n) is 8.48. The summed E-state index contributed by atoms with van der Waals surface area (Å²) >= 11 is 3.38. The van der Waals surface area contributed by atoms with E-state index in [-0.39, 0.29) is 11.6 Å². The Kier molecular flexibility index (Phi) is 5.43. The highest BCUT2D eigenvalue weighted by molar-refractivity contribution is 9.10. The zero-order valence-corrected chi connectivity index (χ0v) is 17.1. The van der Waals surface area contributed by atoms with E-state index in [2.05, 4.69) is 36.3 Å². The van der Waals surface area contributed by atoms with Crippen LogP contribution in [0.25, 0.3) is 11.5 Å². The van der Waals surface area contributed by atoms with Crippen molar-refractivity contribution in [1.29, 1.82) is 0 Å². The summed E-state index contributed by atoms with van der Waals surface area (Å²) in [4.78, 5) is 28.4. The molecule has 0 amide bonds. The molecule has 146 valence electrons. The molecule has 0 spiro atoms. The third kappa shape index (κ3) is 3.60. The predicted octanol–water partition coefficient (Wildman–Crippen LogP) is 2.25. The monoisotopic (exact) mass is 446 g/mol. The zero-order valence-electron chi connectivity index (χ0n) is 15.5. The van der Waals surface area contributed by atoms with Crippen LogP contribution in [0.1, 0.15) is 40.1 Å². The molecule has 0 saturated heterocycles. The number of halogens is 1. The number of aromatic amines is 1. The summed E-state index contributed by atoms with van der Waals surface area (Å²) in [5.74, 6) is -1.01. The quantitative estimate of drug-likeness (QED) is 0.493. The second-order valence-corrected chi connectivity index (χ2v) is 7.42. The Morgan fingerprint density at radius 2 is 2.04 bits per heavy atom. The van der Waals surface area contributed by atoms with E-state index in [9.17, 15) is 9.59 Å². The average molecular weight is 447 g/mol. The summed E-state index contributed by atoms with van der Waals surface area (Å²) in [5.41, 5.74) is 8.66. The van der Waals surface area contributed by atoms with Gasteiger partial charge in [0.15, 0.2) is 5.78 Å². The molecule has 0 fully saturated rings. The smallest absolute Gasteiger partial charge is 0.322 e. The lowest BCUT2D eigenvalue weighted by molar-refractivity contribution is -0.139. The molecule has 4 N–H and O–H groups in total. The molecule has 0 saturated carbocycles. The van der Waals surface area contributed by atoms with Crippen LogP contribution >= 0.6 is 15.9 Å². The molecule has 2 heterocycles. The van der Waals surface area contributed by atoms with Crippen molar-refractivity contribution in [2.75, 3.05) is 0 Å². The van der Waals surface area contributed by atoms with Crippen LogP contribution in [0.3, 0.4) is 0 Å². The van der Waals surface area contributed by atoms with Crippen LogP contribution in [0, 0.1) is 13.8 Å². The van der Waals surface area contributed by atoms with E-state index >= 15 is 0 Å². The Hall–Kier alpha value is -2.85. The minimum atomic E-state index is -1.16. The Morgan fingerprint density at radius 1 is 1.32 bits per heavy atom. The molecule has 2 aromatic heterocycles. The number of rotatable bonds is 6. The molecule has 0 radical (unpaired) electrons. The van der Waals surface area contributed by atoms with Gasteiger partial charge in [0.2, 0.25) is 5.82 Å². The first-order chi connectivity index (χ1) is 13.2. The van der Waals surface area contributed by atoms with Gasteiger partial charge in [0, 0.05) is 21.3 Å². The van der Waals surface area contributed by atoms with Gasteiger partial charge in [0.05, 0.1) is 11.7 Å². The van der Waals surface area contributed by atoms with E-state index in [1.807, 2.05) is 6.07 Å². The number of nitrogens with two attached hydrogens (primary N) is 1. The Labute approximate surface area is 169 Å². The highest BCUT2D eigenvalue weighted by atomic mass is 79.9. The number of hydrogen-bond donors (Lipinski definition) is 3. The number of aromatic nitrogens is 5. The molecular weight excluding hydrogens is 428 g/mol. The molecule has 3 aromatic rings. The zero-order chi connectivity index (χ0) is 20.6. The Morgan fingerprint density at radius 3 is 2.68 bits per heavy atom. The Bertz CT molecular complexity index is 1060. The minimum absolute atomic E-state index is 0.118. The fourth-order valence-electron chi connectivity index (χ4n) is 2.94. The van der Waals surface area contributed by atoms with Gasteiger partial charge in [-0.25, -0.2) is 0 Å². The number of carbonyl (C=O) groups is 2. The summed E-state index contributed by atoms with van der Waals surface area (Å²) in [6.07, 6.45) is 0. The average Bonchev–Trinajstić information content (AvgIpc) is 3.24. The molecule has 3 rings (SSSR count). The van der Waals surface area contributed by atoms with Gasteiger partial charge in [-0.1, -0.05) is 28.1 Å². The van der Waals surface area contributed by atoms with E-state index in [1.54, 1.807) is 39.0 Å². The van der Waals surface area contributed by atoms with E-state index < -0.39 is 18.1 Å². The minimum Gasteiger partial charge on any atom is -0.480 e. The molecule has 0 aliphatic heterocycles. The summed E-state index contributed by atoms with van der Waals surface area (Å²) in [6, 6.07) is 5.32. The third-order valence-corrected chi connectivity index (χ3v) is 5.07. The fourth-order valence-corrected chi connectivity index (χ4v) is 3.34. The van der Waals surface area contributed by atoms with Crippen molar-refractivity contribution in [3.63, 3.8) is 0 Å². The van der Waals surface area contributed by atoms with Crippen LogP contribution in [-0.4, -0.2) is 48.1 Å². The SMILES string of the molecule is Cc1[nH]c(-c2nnn(C(C)C(N)C(=O)O)n2)c(C)c1C(=O)c1cccc(Br)c1. The number of ketones is 1. The number of aryl methyl sites for hydroxylation is 1. The molecule has 2 atom stereocenters. The lowest BCUT2D eigenvalue weighted by atomic mass is 9.99. The summed E-state index contributed by atoms with van der Waals surface area (Å²) in [6.45, 7) is 5.20. The first kappa shape index (κ1) is 19.9. The number of nitrogens with one attached hydrogen (secondary N) is 1. The van der Waals surface area contributed by atoms with Gasteiger partial charge in [-0.15, -0.1) is 10.2 Å². The van der Waals surface area contributed by atoms with Crippen LogP contribution in [0.15, 0.2) is 28.7 Å². The number of carboxylic acid groups (broad SMARTS) is 1. The van der Waals surface area contributed by atoms with E-state index in [0.717, 1.165) is 4.47 Å². The maximum atomic E-state index is 13.0. The normalized spacial score (nSPS) is 13.3. The van der Waals surface area contributed by atoms with Crippen LogP contribution in [0.4, 0.5) is 0 Å². The summed E-state index contributed by atoms with van der Waals surface area (Å²) < 4.78 is 0.817. The van der Waals surface area contributed by atoms with Gasteiger partial charge in [-0.2, -0.15) is 4.80 Å². The standard InChI is InChI=1S/C18H19BrN6O3/c1-8-13(16(26)11-5-4-6-12(19)7-11)9(2)21-15(8)17-22-24-25(23-17)10(3)14(20)18(27)28/h4-7,10,14,21H,20H2,1-3H3,(H,27,28). The van der Waals surface area contributed by atoms with Crippen molar-refractivity contribution in [2.45, 2.75) is 32.9 Å². The van der Waals surface area contributed by atoms with Gasteiger partial charge < -0.3 is 15.8 Å². The van der Waals surface area contributed by atoms with Crippen molar-refractivity contribution in [2.24, 2.45) is 5.73 Å². The van der Waals surface area contributed by atoms with Gasteiger partial charge in [-0.3, -0.25) is 9.59 Å². The molecule has 1 aromatic carbocycles. The van der Waals surface area contributed by atoms with E-state index in [4.69, 9.17) is 10.8 Å². The van der Waals surface area contributed by atoms with E-state index in [1.165, 1.54) is 4.80 Å². The number of nitrogens with zero attached hydrogens (tertiary/aromatic N) is 4. The number of hydrogen-bond acceptors (Lipinski definition) is 6. The van der Waals surface area contributed by atoms with Gasteiger partial charge >= 0.3 is 5.97 Å². The molecule has 9 nitrogen and oxygen atoms in total. The molecule has 0 aliphatic carbocycles. The predicted molar refractivity (Wildman–Crippen MR) is 105 cm³/mol. The summed E-state index contributed by atoms with van der Waals surface area (Å²) in [5, 5.41) is 21.2. The number of benzene rings is 1. The fraction of sp³-hybridized carbons (Fsp3) is 0.278. The van der Waals surface area contributed by atoms with Crippen molar-refractivity contribution >= 4 is 27.7 Å². The lowest BCUT2D eigenvalue weighted by Gasteiger charge is -2.13. The van der Waals surface area contributed by atoms with Gasteiger partial charge in [0.1, 0.15) is 6.04 Å². The van der Waals surface area contributed by atoms with E-state index in [0.29, 0.717) is 28.1 Å². The van der Waals surface area contributed by atoms with Crippen molar-refractivity contribution in [1.82, 2.24) is 25.2 Å². The van der Waals surface area contributed by atoms with Crippen molar-refractivity contribution in [3.8, 4) is 11.5 Å². The summed E-state index contributed by atoms with van der Waals surface area (Å²) in [7, 11) is 0. The number of aliphatic carboxylic acids is 1. The molecule has 10 heteroatoms. The molecule has 2 unspecified atom stereocenters. The molecule has 0 aliphatic rings. The topological polar surface area (TPSA) is 140 Å². The van der Waals surface area contributed by atoms with Crippen molar-refractivity contribution in [3.05, 3.63) is 51.1 Å². The largest absolute Gasteiger partial charge is 0.480 e. The highest BCUT2D eigenvalue weighted by Crippen LogP contribution is 2.27. The second kappa shape index (κ2) is 7.64. The molecule has 0 bridgehead atoms. The van der Waals surface area contributed by atoms with Gasteiger partial charge in [-0.05, 0) is 43.7 Å². The van der Waals surface area contributed by atoms with Crippen LogP contribution in [0.2, 0.25) is 0 Å². The maximum Gasteiger partial charge on any atom is 0.322 e. The highest BCUT2D eigenvalue weighted by Gasteiger charge is 2.26. The number of carbonyl (C=O) groups excluding carboxylic acids is 1. The number of carboxylic acids is 1. The maximum absolute atomic E-state index is 13.0. The Balaban J connectivity index is 1.97. The van der Waals surface area contributed by atoms with Crippen LogP contribution in [-0.2, 0) is 4.79 Å². The number of H-pyrrole nitrogens is 1. The molecular formula is C18H19BrN6O3. The molecule has 28 heavy (non-hydrogen) atoms. The number of tetrazole rings is 1. The third-order valence-electron chi connectivity index (χ3n) is 4.57. The van der Waals surface area contributed by atoms with Crippen LogP contribution < -0.4 is 5.73 Å². The lowest BCUT2D eigenvalue weighted by Crippen LogP contribution is -2.38. The van der Waals surface area contributed by atoms with Gasteiger partial charge in [0.25, 0.3) is 0 Å². The first-order valence-corrected chi connectivity index (χ1v) is 9.27.